The third-order valence-electron chi connectivity index (χ3n) is 6.77. The second-order valence-corrected chi connectivity index (χ2v) is 9.80. The van der Waals surface area contributed by atoms with Crippen molar-refractivity contribution in [3.05, 3.63) is 65.2 Å². The van der Waals surface area contributed by atoms with Crippen LogP contribution in [0.25, 0.3) is 10.2 Å². The molecule has 5 rings (SSSR count). The molecule has 1 unspecified atom stereocenters. The number of likely N-dealkylation sites (tertiary alicyclic amines) is 1. The first-order valence-corrected chi connectivity index (χ1v) is 12.1. The fourth-order valence-electron chi connectivity index (χ4n) is 5.02. The van der Waals surface area contributed by atoms with Crippen LogP contribution in [-0.4, -0.2) is 52.6 Å². The molecule has 1 atom stereocenters. The number of amides is 1. The minimum Gasteiger partial charge on any atom is -0.469 e. The van der Waals surface area contributed by atoms with Crippen LogP contribution in [0.3, 0.4) is 0 Å². The van der Waals surface area contributed by atoms with Gasteiger partial charge in [-0.05, 0) is 30.5 Å². The molecule has 2 aliphatic rings. The summed E-state index contributed by atoms with van der Waals surface area (Å²) in [6.45, 7) is 2.55. The standard InChI is InChI=1S/C25H27N3O4S/c1-31-24(30)19-15-23(29)28(32-17-18-7-3-2-4-8-18)25(19)11-13-27(14-12-25)16-22-26-20-9-5-6-10-21(20)33-22/h2-10,19H,11-17H2,1H3. The molecular weight excluding hydrogens is 438 g/mol. The summed E-state index contributed by atoms with van der Waals surface area (Å²) >= 11 is 1.71. The number of hydrogen-bond donors (Lipinski definition) is 0. The number of para-hydroxylation sites is 1. The average molecular weight is 466 g/mol. The summed E-state index contributed by atoms with van der Waals surface area (Å²) in [6.07, 6.45) is 1.43. The lowest BCUT2D eigenvalue weighted by atomic mass is 9.77. The number of carbonyl (C=O) groups excluding carboxylic acids is 2. The molecule has 2 aliphatic heterocycles. The van der Waals surface area contributed by atoms with E-state index in [0.29, 0.717) is 12.8 Å². The number of methoxy groups -OCH3 is 1. The molecule has 2 aromatic carbocycles. The largest absolute Gasteiger partial charge is 0.469 e. The number of ether oxygens (including phenoxy) is 1. The highest BCUT2D eigenvalue weighted by Crippen LogP contribution is 2.45. The van der Waals surface area contributed by atoms with E-state index < -0.39 is 11.5 Å². The number of aromatic nitrogens is 1. The molecule has 3 aromatic rings. The van der Waals surface area contributed by atoms with Gasteiger partial charge in [0, 0.05) is 19.5 Å². The molecular formula is C25H27N3O4S. The first-order chi connectivity index (χ1) is 16.1. The molecule has 0 bridgehead atoms. The van der Waals surface area contributed by atoms with Gasteiger partial charge in [-0.3, -0.25) is 19.3 Å². The molecule has 7 nitrogen and oxygen atoms in total. The SMILES string of the molecule is COC(=O)C1CC(=O)N(OCc2ccccc2)C12CCN(Cc1nc3ccccc3s1)CC2. The number of benzene rings is 2. The van der Waals surface area contributed by atoms with E-state index in [1.54, 1.807) is 11.3 Å². The van der Waals surface area contributed by atoms with Crippen molar-refractivity contribution in [3.8, 4) is 0 Å². The van der Waals surface area contributed by atoms with Crippen LogP contribution >= 0.6 is 11.3 Å². The highest BCUT2D eigenvalue weighted by molar-refractivity contribution is 7.18. The van der Waals surface area contributed by atoms with E-state index in [9.17, 15) is 9.59 Å². The van der Waals surface area contributed by atoms with Crippen molar-refractivity contribution in [2.24, 2.45) is 5.92 Å². The Morgan fingerprint density at radius 2 is 1.85 bits per heavy atom. The molecule has 1 amide bonds. The lowest BCUT2D eigenvalue weighted by molar-refractivity contribution is -0.229. The Balaban J connectivity index is 1.32. The molecule has 3 heterocycles. The van der Waals surface area contributed by atoms with E-state index in [0.717, 1.165) is 35.7 Å². The van der Waals surface area contributed by atoms with Gasteiger partial charge in [0.05, 0.1) is 35.3 Å². The smallest absolute Gasteiger partial charge is 0.311 e. The average Bonchev–Trinajstić information content (AvgIpc) is 3.37. The molecule has 0 radical (unpaired) electrons. The predicted octanol–water partition coefficient (Wildman–Crippen LogP) is 3.78. The van der Waals surface area contributed by atoms with Crippen LogP contribution < -0.4 is 0 Å². The van der Waals surface area contributed by atoms with Gasteiger partial charge < -0.3 is 4.74 Å². The van der Waals surface area contributed by atoms with E-state index in [-0.39, 0.29) is 24.9 Å². The number of rotatable bonds is 6. The number of thiazole rings is 1. The maximum atomic E-state index is 12.9. The van der Waals surface area contributed by atoms with Crippen LogP contribution in [0.5, 0.6) is 0 Å². The normalized spacial score (nSPS) is 20.6. The highest BCUT2D eigenvalue weighted by Gasteiger charge is 2.58. The number of esters is 1. The summed E-state index contributed by atoms with van der Waals surface area (Å²) in [5, 5.41) is 2.58. The van der Waals surface area contributed by atoms with Gasteiger partial charge in [0.15, 0.2) is 0 Å². The minimum atomic E-state index is -0.678. The van der Waals surface area contributed by atoms with Gasteiger partial charge in [0.25, 0.3) is 0 Å². The van der Waals surface area contributed by atoms with Crippen LogP contribution in [0.4, 0.5) is 0 Å². The third-order valence-corrected chi connectivity index (χ3v) is 7.79. The van der Waals surface area contributed by atoms with Crippen molar-refractivity contribution in [1.29, 1.82) is 0 Å². The fourth-order valence-corrected chi connectivity index (χ4v) is 6.03. The molecule has 1 spiro atoms. The van der Waals surface area contributed by atoms with Gasteiger partial charge in [-0.1, -0.05) is 42.5 Å². The molecule has 2 saturated heterocycles. The van der Waals surface area contributed by atoms with E-state index in [1.165, 1.54) is 16.9 Å². The number of hydroxylamine groups is 2. The summed E-state index contributed by atoms with van der Waals surface area (Å²) in [4.78, 5) is 38.7. The summed E-state index contributed by atoms with van der Waals surface area (Å²) in [5.41, 5.74) is 1.33. The summed E-state index contributed by atoms with van der Waals surface area (Å²) in [7, 11) is 1.39. The van der Waals surface area contributed by atoms with Crippen LogP contribution in [0.2, 0.25) is 0 Å². The molecule has 0 saturated carbocycles. The molecule has 33 heavy (non-hydrogen) atoms. The van der Waals surface area contributed by atoms with Gasteiger partial charge in [0.2, 0.25) is 5.91 Å². The van der Waals surface area contributed by atoms with E-state index in [2.05, 4.69) is 11.0 Å². The van der Waals surface area contributed by atoms with Crippen molar-refractivity contribution < 1.29 is 19.2 Å². The van der Waals surface area contributed by atoms with Gasteiger partial charge in [-0.15, -0.1) is 11.3 Å². The van der Waals surface area contributed by atoms with Gasteiger partial charge in [-0.2, -0.15) is 0 Å². The Hall–Kier alpha value is -2.81. The van der Waals surface area contributed by atoms with Crippen molar-refractivity contribution >= 4 is 33.4 Å². The number of hydrogen-bond acceptors (Lipinski definition) is 7. The van der Waals surface area contributed by atoms with Crippen molar-refractivity contribution in [2.75, 3.05) is 20.2 Å². The Labute approximate surface area is 196 Å². The summed E-state index contributed by atoms with van der Waals surface area (Å²) in [6, 6.07) is 17.9. The Morgan fingerprint density at radius 1 is 1.12 bits per heavy atom. The zero-order chi connectivity index (χ0) is 22.8. The second-order valence-electron chi connectivity index (χ2n) is 8.68. The number of piperidine rings is 1. The number of carbonyl (C=O) groups is 2. The molecule has 2 fully saturated rings. The zero-order valence-electron chi connectivity index (χ0n) is 18.6. The van der Waals surface area contributed by atoms with Crippen LogP contribution in [0.15, 0.2) is 54.6 Å². The monoisotopic (exact) mass is 465 g/mol. The van der Waals surface area contributed by atoms with E-state index >= 15 is 0 Å². The third kappa shape index (κ3) is 4.26. The van der Waals surface area contributed by atoms with Crippen molar-refractivity contribution in [1.82, 2.24) is 14.9 Å². The highest BCUT2D eigenvalue weighted by atomic mass is 32.1. The van der Waals surface area contributed by atoms with Gasteiger partial charge in [-0.25, -0.2) is 10.0 Å². The van der Waals surface area contributed by atoms with Crippen molar-refractivity contribution in [3.63, 3.8) is 0 Å². The Bertz CT molecular complexity index is 1110. The van der Waals surface area contributed by atoms with E-state index in [1.807, 2.05) is 48.5 Å². The maximum Gasteiger partial charge on any atom is 0.311 e. The predicted molar refractivity (Wildman–Crippen MR) is 125 cm³/mol. The quantitative estimate of drug-likeness (QED) is 0.516. The summed E-state index contributed by atoms with van der Waals surface area (Å²) in [5.74, 6) is -1.01. The molecule has 1 aromatic heterocycles. The maximum absolute atomic E-state index is 12.9. The Morgan fingerprint density at radius 3 is 2.58 bits per heavy atom. The number of nitrogens with zero attached hydrogens (tertiary/aromatic N) is 3. The zero-order valence-corrected chi connectivity index (χ0v) is 19.4. The van der Waals surface area contributed by atoms with Gasteiger partial charge >= 0.3 is 5.97 Å². The first-order valence-electron chi connectivity index (χ1n) is 11.2. The first kappa shape index (κ1) is 22.0. The van der Waals surface area contributed by atoms with Crippen LogP contribution in [-0.2, 0) is 32.3 Å². The van der Waals surface area contributed by atoms with Gasteiger partial charge in [0.1, 0.15) is 11.6 Å². The molecule has 0 N–H and O–H groups in total. The Kier molecular flexibility index (Phi) is 6.14. The lowest BCUT2D eigenvalue weighted by Crippen LogP contribution is -2.57. The number of fused-ring (bicyclic) bond motifs is 1. The molecule has 8 heteroatoms. The fraction of sp³-hybridized carbons (Fsp3) is 0.400. The van der Waals surface area contributed by atoms with E-state index in [4.69, 9.17) is 14.6 Å². The minimum absolute atomic E-state index is 0.124. The topological polar surface area (TPSA) is 72.0 Å². The second kappa shape index (κ2) is 9.21. The van der Waals surface area contributed by atoms with Crippen LogP contribution in [0, 0.1) is 5.92 Å². The van der Waals surface area contributed by atoms with Crippen LogP contribution in [0.1, 0.15) is 29.8 Å². The lowest BCUT2D eigenvalue weighted by Gasteiger charge is -2.45. The molecule has 0 aliphatic carbocycles. The summed E-state index contributed by atoms with van der Waals surface area (Å²) < 4.78 is 6.27. The molecule has 172 valence electrons. The van der Waals surface area contributed by atoms with Crippen molar-refractivity contribution in [2.45, 2.75) is 38.0 Å².